The molecule has 0 radical (unpaired) electrons. The van der Waals surface area contributed by atoms with Gasteiger partial charge in [0.2, 0.25) is 0 Å². The Morgan fingerprint density at radius 2 is 0.605 bits per heavy atom. The molecule has 10 saturated carbocycles. The zero-order valence-corrected chi connectivity index (χ0v) is 51.6. The van der Waals surface area contributed by atoms with Crippen molar-refractivity contribution in [2.75, 3.05) is 0 Å². The van der Waals surface area contributed by atoms with Crippen molar-refractivity contribution in [2.24, 2.45) is 47.3 Å². The van der Waals surface area contributed by atoms with Crippen molar-refractivity contribution in [3.63, 3.8) is 0 Å². The van der Waals surface area contributed by atoms with Gasteiger partial charge in [-0.3, -0.25) is 9.59 Å². The first-order valence-electron chi connectivity index (χ1n) is 34.6. The number of ketones is 2. The minimum absolute atomic E-state index is 0.0811. The molecule has 7 aromatic carbocycles. The molecule has 0 atom stereocenters. The monoisotopic (exact) mass is 1120 g/mol. The van der Waals surface area contributed by atoms with Crippen molar-refractivity contribution >= 4 is 87.8 Å². The maximum absolute atomic E-state index is 15.8. The van der Waals surface area contributed by atoms with Gasteiger partial charge in [0.15, 0.2) is 11.6 Å². The highest BCUT2D eigenvalue weighted by molar-refractivity contribution is 6.32. The van der Waals surface area contributed by atoms with Crippen LogP contribution >= 0.6 is 0 Å². The molecular formula is C82H80N2O2. The molecule has 12 bridgehead atoms. The Labute approximate surface area is 505 Å². The molecule has 4 aromatic heterocycles. The summed E-state index contributed by atoms with van der Waals surface area (Å²) in [5, 5.41) is 11.0. The standard InChI is InChI=1S/C82H80N2O2/c1-39-15-41(3)69(42(4)16-39)73-71-57(51-7-11-53(12-8-51)79(71)85)29-65-63-27-55(81-33-45-19-46(34-81)21-47(20-45)35-81)25-61-59-32-68-60(31-67(59)83(75(61)63)77(65)73)62-26-56(82-36-48-22-49(37-82)24-50(23-48)38-82)28-64-66-30-58-52-9-13-54(14-10-52)80(86)72(58)74(78(66)84(68)76(62)64)70-43(5)17-40(2)18-44(70)6/h15-18,25-32,45-54H,7-14,19-24,33-38H2,1-6H3. The summed E-state index contributed by atoms with van der Waals surface area (Å²) in [5.41, 5.74) is 28.7. The van der Waals surface area contributed by atoms with Crippen LogP contribution in [-0.2, 0) is 10.8 Å². The van der Waals surface area contributed by atoms with Gasteiger partial charge in [-0.15, -0.1) is 0 Å². The molecule has 0 spiro atoms. The fraction of sp³-hybridized carbons (Fsp3) is 0.463. The fourth-order valence-electron chi connectivity index (χ4n) is 25.0. The molecule has 0 saturated heterocycles. The van der Waals surface area contributed by atoms with E-state index >= 15 is 9.59 Å². The summed E-state index contributed by atoms with van der Waals surface area (Å²) in [4.78, 5) is 31.5. The molecule has 0 unspecified atom stereocenters. The molecule has 25 rings (SSSR count). The van der Waals surface area contributed by atoms with Crippen LogP contribution in [-0.4, -0.2) is 20.4 Å². The number of carbonyl (C=O) groups excluding carboxylic acids is 2. The van der Waals surface area contributed by atoms with Gasteiger partial charge in [-0.2, -0.15) is 0 Å². The predicted molar refractivity (Wildman–Crippen MR) is 353 cm³/mol. The second-order valence-corrected chi connectivity index (χ2v) is 32.4. The first-order valence-corrected chi connectivity index (χ1v) is 34.6. The summed E-state index contributed by atoms with van der Waals surface area (Å²) in [5.74, 6) is 6.73. The Balaban J connectivity index is 0.966. The average Bonchev–Trinajstić information content (AvgIpc) is 1.50. The van der Waals surface area contributed by atoms with Crippen LogP contribution in [0.1, 0.15) is 217 Å². The fourth-order valence-corrected chi connectivity index (χ4v) is 25.0. The molecule has 0 N–H and O–H groups in total. The van der Waals surface area contributed by atoms with E-state index in [1.807, 2.05) is 0 Å². The van der Waals surface area contributed by atoms with E-state index < -0.39 is 0 Å². The van der Waals surface area contributed by atoms with Crippen LogP contribution in [0.2, 0.25) is 0 Å². The lowest BCUT2D eigenvalue weighted by Crippen LogP contribution is -2.48. The first kappa shape index (κ1) is 49.5. The van der Waals surface area contributed by atoms with Crippen LogP contribution < -0.4 is 0 Å². The second-order valence-electron chi connectivity index (χ2n) is 32.4. The van der Waals surface area contributed by atoms with E-state index in [9.17, 15) is 0 Å². The maximum Gasteiger partial charge on any atom is 0.166 e. The lowest BCUT2D eigenvalue weighted by atomic mass is 9.48. The van der Waals surface area contributed by atoms with E-state index in [0.29, 0.717) is 23.4 Å². The molecule has 4 heterocycles. The van der Waals surface area contributed by atoms with Crippen LogP contribution in [0.4, 0.5) is 0 Å². The quantitative estimate of drug-likeness (QED) is 0.176. The summed E-state index contributed by atoms with van der Waals surface area (Å²) in [6.45, 7) is 13.8. The van der Waals surface area contributed by atoms with Gasteiger partial charge in [0.25, 0.3) is 0 Å². The number of benzene rings is 7. The SMILES string of the molecule is Cc1cc(C)c(-c2c3c(cc4c5cc(C67CC8CC(CC(C8)C6)C7)cc6c7cc8c(cc7n(c24)c65)c2cc(C45CC6CC(CC(C6)C4)C5)cc4c5cc6c(c(-c7c(C)cc(C)cc7C)c5n8c24)C(=O)C2CCC6CC2)C2CCC(CC2)C3=O)c(C)c1. The highest BCUT2D eigenvalue weighted by atomic mass is 16.1. The number of aryl methyl sites for hydroxylation is 6. The maximum atomic E-state index is 15.8. The van der Waals surface area contributed by atoms with Crippen molar-refractivity contribution in [3.8, 4) is 22.3 Å². The third-order valence-electron chi connectivity index (χ3n) is 27.3. The topological polar surface area (TPSA) is 43.0 Å². The van der Waals surface area contributed by atoms with Gasteiger partial charge in [-0.25, -0.2) is 0 Å². The first-order chi connectivity index (χ1) is 41.7. The minimum Gasteiger partial charge on any atom is -0.307 e. The van der Waals surface area contributed by atoms with Crippen molar-refractivity contribution < 1.29 is 9.59 Å². The number of hydrogen-bond donors (Lipinski definition) is 0. The van der Waals surface area contributed by atoms with Crippen molar-refractivity contribution in [3.05, 3.63) is 140 Å². The average molecular weight is 1130 g/mol. The van der Waals surface area contributed by atoms with Gasteiger partial charge in [-0.05, 0) is 332 Å². The number of fused-ring (bicyclic) bond motifs is 16. The smallest absolute Gasteiger partial charge is 0.166 e. The van der Waals surface area contributed by atoms with Gasteiger partial charge < -0.3 is 8.80 Å². The van der Waals surface area contributed by atoms with E-state index in [1.54, 1.807) is 11.1 Å². The summed E-state index contributed by atoms with van der Waals surface area (Å²) in [6.07, 6.45) is 24.9. The molecule has 10 fully saturated rings. The normalized spacial score (nSPS) is 31.5. The van der Waals surface area contributed by atoms with Crippen LogP contribution in [0.15, 0.2) is 72.8 Å². The van der Waals surface area contributed by atoms with Gasteiger partial charge in [0.05, 0.1) is 33.1 Å². The lowest BCUT2D eigenvalue weighted by Gasteiger charge is -2.57. The number of nitrogens with zero attached hydrogens (tertiary/aromatic N) is 2. The highest BCUT2D eigenvalue weighted by Crippen LogP contribution is 2.65. The van der Waals surface area contributed by atoms with E-state index in [2.05, 4.69) is 123 Å². The Bertz CT molecular complexity index is 4550. The van der Waals surface area contributed by atoms with Crippen molar-refractivity contribution in [1.29, 1.82) is 0 Å². The van der Waals surface area contributed by atoms with Gasteiger partial charge >= 0.3 is 0 Å². The summed E-state index contributed by atoms with van der Waals surface area (Å²) < 4.78 is 5.50. The third kappa shape index (κ3) is 6.15. The number of aromatic nitrogens is 2. The van der Waals surface area contributed by atoms with Crippen LogP contribution in [0.3, 0.4) is 0 Å². The molecule has 14 aliphatic rings. The third-order valence-corrected chi connectivity index (χ3v) is 27.3. The molecule has 4 heteroatoms. The number of hydrogen-bond acceptors (Lipinski definition) is 2. The molecule has 0 amide bonds. The minimum atomic E-state index is 0.0811. The van der Waals surface area contributed by atoms with E-state index in [1.165, 1.54) is 220 Å². The Morgan fingerprint density at radius 3 is 0.930 bits per heavy atom. The largest absolute Gasteiger partial charge is 0.307 e. The van der Waals surface area contributed by atoms with Crippen LogP contribution in [0.25, 0.3) is 98.4 Å². The molecule has 86 heavy (non-hydrogen) atoms. The molecular weight excluding hydrogens is 1040 g/mol. The molecule has 0 aliphatic heterocycles. The highest BCUT2D eigenvalue weighted by Gasteiger charge is 2.54. The lowest BCUT2D eigenvalue weighted by molar-refractivity contribution is -0.00520. The second kappa shape index (κ2) is 16.4. The number of Topliss-reactive ketones (excluding diaryl/α,β-unsaturated/α-hetero) is 2. The molecule has 4 nitrogen and oxygen atoms in total. The van der Waals surface area contributed by atoms with E-state index in [4.69, 9.17) is 0 Å². The summed E-state index contributed by atoms with van der Waals surface area (Å²) >= 11 is 0. The van der Waals surface area contributed by atoms with E-state index in [0.717, 1.165) is 98.0 Å². The summed E-state index contributed by atoms with van der Waals surface area (Å²) in [6, 6.07) is 31.1. The zero-order valence-electron chi connectivity index (χ0n) is 51.6. The molecule has 11 aromatic rings. The van der Waals surface area contributed by atoms with Gasteiger partial charge in [-0.1, -0.05) is 35.4 Å². The number of rotatable bonds is 4. The van der Waals surface area contributed by atoms with Gasteiger partial charge in [0, 0.05) is 77.2 Å². The van der Waals surface area contributed by atoms with Crippen molar-refractivity contribution in [2.45, 2.75) is 193 Å². The Hall–Kier alpha value is -6.52. The predicted octanol–water partition coefficient (Wildman–Crippen LogP) is 21.0. The Kier molecular flexibility index (Phi) is 9.43. The summed E-state index contributed by atoms with van der Waals surface area (Å²) in [7, 11) is 0. The van der Waals surface area contributed by atoms with E-state index in [-0.39, 0.29) is 22.7 Å². The Morgan fingerprint density at radius 1 is 0.314 bits per heavy atom. The zero-order chi connectivity index (χ0) is 57.0. The number of carbonyl (C=O) groups is 2. The molecule has 14 aliphatic carbocycles. The van der Waals surface area contributed by atoms with Crippen molar-refractivity contribution in [1.82, 2.24) is 8.80 Å². The molecule has 430 valence electrons. The van der Waals surface area contributed by atoms with Crippen LogP contribution in [0.5, 0.6) is 0 Å². The van der Waals surface area contributed by atoms with Crippen LogP contribution in [0, 0.1) is 88.9 Å². The van der Waals surface area contributed by atoms with Gasteiger partial charge in [0.1, 0.15) is 0 Å².